The molecule has 1 amide bonds. The first-order valence-corrected chi connectivity index (χ1v) is 11.7. The number of aromatic nitrogens is 1. The number of para-hydroxylation sites is 1. The first-order valence-electron chi connectivity index (χ1n) is 10.8. The van der Waals surface area contributed by atoms with Crippen LogP contribution in [0.4, 0.5) is 10.8 Å². The molecule has 162 valence electrons. The second-order valence-electron chi connectivity index (χ2n) is 7.92. The molecule has 1 aliphatic rings. The molecule has 2 heterocycles. The minimum Gasteiger partial charge on any atom is -0.497 e. The smallest absolute Gasteiger partial charge is 0.230 e. The highest BCUT2D eigenvalue weighted by Crippen LogP contribution is 2.34. The molecule has 2 aromatic carbocycles. The van der Waals surface area contributed by atoms with Crippen molar-refractivity contribution in [1.82, 2.24) is 9.88 Å². The van der Waals surface area contributed by atoms with Crippen LogP contribution in [0.5, 0.6) is 5.75 Å². The van der Waals surface area contributed by atoms with Gasteiger partial charge in [0.05, 0.1) is 18.5 Å². The summed E-state index contributed by atoms with van der Waals surface area (Å²) in [5.74, 6) is 0.858. The fourth-order valence-corrected chi connectivity index (χ4v) is 5.12. The topological polar surface area (TPSA) is 45.7 Å². The molecule has 0 N–H and O–H groups in total. The van der Waals surface area contributed by atoms with Gasteiger partial charge in [-0.05, 0) is 49.2 Å². The van der Waals surface area contributed by atoms with Crippen LogP contribution in [0.2, 0.25) is 0 Å². The molecule has 4 rings (SSSR count). The van der Waals surface area contributed by atoms with E-state index in [2.05, 4.69) is 22.4 Å². The molecule has 6 heteroatoms. The van der Waals surface area contributed by atoms with Gasteiger partial charge in [-0.3, -0.25) is 14.6 Å². The van der Waals surface area contributed by atoms with Crippen LogP contribution in [0.1, 0.15) is 49.9 Å². The summed E-state index contributed by atoms with van der Waals surface area (Å²) in [6.45, 7) is 3.43. The van der Waals surface area contributed by atoms with E-state index in [0.29, 0.717) is 6.04 Å². The SMILES string of the molecule is COc1ccc(C2CCCCCN2Cc2csc(N(C(C)=O)c3ccccc3)n2)cc1. The van der Waals surface area contributed by atoms with Gasteiger partial charge in [-0.15, -0.1) is 11.3 Å². The minimum absolute atomic E-state index is 0.0296. The Kier molecular flexibility index (Phi) is 6.99. The van der Waals surface area contributed by atoms with E-state index in [1.807, 2.05) is 42.5 Å². The molecule has 5 nitrogen and oxygen atoms in total. The lowest BCUT2D eigenvalue weighted by Crippen LogP contribution is -2.28. The van der Waals surface area contributed by atoms with Crippen molar-refractivity contribution in [3.8, 4) is 5.75 Å². The lowest BCUT2D eigenvalue weighted by atomic mass is 10.0. The molecular formula is C25H29N3O2S. The Labute approximate surface area is 188 Å². The molecule has 0 saturated carbocycles. The van der Waals surface area contributed by atoms with E-state index in [0.717, 1.165) is 41.8 Å². The number of likely N-dealkylation sites (tertiary alicyclic amines) is 1. The van der Waals surface area contributed by atoms with Crippen LogP contribution in [0, 0.1) is 0 Å². The molecule has 1 aliphatic heterocycles. The largest absolute Gasteiger partial charge is 0.497 e. The van der Waals surface area contributed by atoms with E-state index in [4.69, 9.17) is 9.72 Å². The molecule has 0 radical (unpaired) electrons. The van der Waals surface area contributed by atoms with Crippen LogP contribution < -0.4 is 9.64 Å². The normalized spacial score (nSPS) is 17.2. The van der Waals surface area contributed by atoms with E-state index in [9.17, 15) is 4.79 Å². The average molecular weight is 436 g/mol. The molecule has 1 atom stereocenters. The predicted octanol–water partition coefficient (Wildman–Crippen LogP) is 5.95. The van der Waals surface area contributed by atoms with Gasteiger partial charge in [0.25, 0.3) is 0 Å². The third kappa shape index (κ3) is 5.14. The first kappa shape index (κ1) is 21.5. The van der Waals surface area contributed by atoms with Gasteiger partial charge < -0.3 is 4.74 Å². The van der Waals surface area contributed by atoms with E-state index >= 15 is 0 Å². The zero-order valence-corrected chi connectivity index (χ0v) is 19.0. The van der Waals surface area contributed by atoms with Crippen molar-refractivity contribution in [2.45, 2.75) is 45.2 Å². The highest BCUT2D eigenvalue weighted by molar-refractivity contribution is 7.14. The Morgan fingerprint density at radius 1 is 1.13 bits per heavy atom. The van der Waals surface area contributed by atoms with Crippen molar-refractivity contribution in [3.05, 3.63) is 71.2 Å². The minimum atomic E-state index is -0.0296. The Morgan fingerprint density at radius 3 is 2.61 bits per heavy atom. The number of carbonyl (C=O) groups excluding carboxylic acids is 1. The standard InChI is InChI=1S/C25H29N3O2S/c1-19(29)28(22-9-5-3-6-10-22)25-26-21(18-31-25)17-27-16-8-4-7-11-24(27)20-12-14-23(30-2)15-13-20/h3,5-6,9-10,12-15,18,24H,4,7-8,11,16-17H2,1-2H3. The second-order valence-corrected chi connectivity index (χ2v) is 8.76. The zero-order valence-electron chi connectivity index (χ0n) is 18.2. The third-order valence-electron chi connectivity index (χ3n) is 5.79. The lowest BCUT2D eigenvalue weighted by Gasteiger charge is -2.30. The molecule has 1 unspecified atom stereocenters. The summed E-state index contributed by atoms with van der Waals surface area (Å²) in [4.78, 5) is 21.4. The lowest BCUT2D eigenvalue weighted by molar-refractivity contribution is -0.115. The zero-order chi connectivity index (χ0) is 21.6. The summed E-state index contributed by atoms with van der Waals surface area (Å²) in [6, 6.07) is 18.5. The van der Waals surface area contributed by atoms with Crippen molar-refractivity contribution in [2.24, 2.45) is 0 Å². The van der Waals surface area contributed by atoms with Gasteiger partial charge in [-0.25, -0.2) is 4.98 Å². The molecule has 1 saturated heterocycles. The van der Waals surface area contributed by atoms with E-state index < -0.39 is 0 Å². The van der Waals surface area contributed by atoms with Crippen LogP contribution in [-0.4, -0.2) is 29.4 Å². The van der Waals surface area contributed by atoms with Crippen LogP contribution >= 0.6 is 11.3 Å². The molecule has 1 aromatic heterocycles. The Hall–Kier alpha value is -2.70. The first-order chi connectivity index (χ1) is 15.2. The Morgan fingerprint density at radius 2 is 1.90 bits per heavy atom. The maximum Gasteiger partial charge on any atom is 0.230 e. The van der Waals surface area contributed by atoms with Crippen LogP contribution in [-0.2, 0) is 11.3 Å². The maximum absolute atomic E-state index is 12.4. The summed E-state index contributed by atoms with van der Waals surface area (Å²) in [7, 11) is 1.70. The quantitative estimate of drug-likeness (QED) is 0.480. The molecule has 3 aromatic rings. The van der Waals surface area contributed by atoms with E-state index in [1.54, 1.807) is 18.9 Å². The summed E-state index contributed by atoms with van der Waals surface area (Å²) in [5.41, 5.74) is 3.19. The maximum atomic E-state index is 12.4. The summed E-state index contributed by atoms with van der Waals surface area (Å²) in [5, 5.41) is 2.81. The van der Waals surface area contributed by atoms with Gasteiger partial charge in [0.2, 0.25) is 5.91 Å². The fraction of sp³-hybridized carbons (Fsp3) is 0.360. The number of rotatable bonds is 6. The number of amides is 1. The monoisotopic (exact) mass is 435 g/mol. The van der Waals surface area contributed by atoms with Crippen molar-refractivity contribution >= 4 is 28.1 Å². The van der Waals surface area contributed by atoms with Crippen LogP contribution in [0.15, 0.2) is 60.0 Å². The molecule has 0 aliphatic carbocycles. The number of hydrogen-bond acceptors (Lipinski definition) is 5. The highest BCUT2D eigenvalue weighted by Gasteiger charge is 2.24. The summed E-state index contributed by atoms with van der Waals surface area (Å²) in [6.07, 6.45) is 4.85. The number of benzene rings is 2. The number of methoxy groups -OCH3 is 1. The van der Waals surface area contributed by atoms with Gasteiger partial charge >= 0.3 is 0 Å². The molecule has 0 bridgehead atoms. The van der Waals surface area contributed by atoms with E-state index in [-0.39, 0.29) is 5.91 Å². The number of thiazole rings is 1. The Bertz CT molecular complexity index is 988. The van der Waals surface area contributed by atoms with Crippen LogP contribution in [0.25, 0.3) is 0 Å². The molecular weight excluding hydrogens is 406 g/mol. The predicted molar refractivity (Wildman–Crippen MR) is 126 cm³/mol. The number of anilines is 2. The van der Waals surface area contributed by atoms with Crippen molar-refractivity contribution in [3.63, 3.8) is 0 Å². The molecule has 0 spiro atoms. The van der Waals surface area contributed by atoms with Crippen molar-refractivity contribution < 1.29 is 9.53 Å². The van der Waals surface area contributed by atoms with Gasteiger partial charge in [0, 0.05) is 24.9 Å². The summed E-state index contributed by atoms with van der Waals surface area (Å²) < 4.78 is 5.33. The highest BCUT2D eigenvalue weighted by atomic mass is 32.1. The number of carbonyl (C=O) groups is 1. The number of hydrogen-bond donors (Lipinski definition) is 0. The molecule has 1 fully saturated rings. The van der Waals surface area contributed by atoms with E-state index in [1.165, 1.54) is 36.2 Å². The van der Waals surface area contributed by atoms with Crippen molar-refractivity contribution in [2.75, 3.05) is 18.6 Å². The summed E-state index contributed by atoms with van der Waals surface area (Å²) >= 11 is 1.53. The number of nitrogens with zero attached hydrogens (tertiary/aromatic N) is 3. The fourth-order valence-electron chi connectivity index (χ4n) is 4.24. The van der Waals surface area contributed by atoms with Crippen molar-refractivity contribution in [1.29, 1.82) is 0 Å². The van der Waals surface area contributed by atoms with Gasteiger partial charge in [0.1, 0.15) is 5.75 Å². The third-order valence-corrected chi connectivity index (χ3v) is 6.66. The molecule has 31 heavy (non-hydrogen) atoms. The number of ether oxygens (including phenoxy) is 1. The van der Waals surface area contributed by atoms with Crippen LogP contribution in [0.3, 0.4) is 0 Å². The van der Waals surface area contributed by atoms with Gasteiger partial charge in [-0.1, -0.05) is 43.2 Å². The Balaban J connectivity index is 1.55. The average Bonchev–Trinajstić information content (AvgIpc) is 3.11. The van der Waals surface area contributed by atoms with Gasteiger partial charge in [-0.2, -0.15) is 0 Å². The second kappa shape index (κ2) is 10.1. The van der Waals surface area contributed by atoms with Gasteiger partial charge in [0.15, 0.2) is 5.13 Å².